The maximum Gasteiger partial charge on any atom is 0.320 e. The van der Waals surface area contributed by atoms with Crippen LogP contribution in [-0.4, -0.2) is 86.8 Å². The predicted octanol–water partition coefficient (Wildman–Crippen LogP) is 13.9. The van der Waals surface area contributed by atoms with E-state index in [1.807, 2.05) is 19.0 Å². The number of carbonyl (C=O) groups excluding carboxylic acids is 3. The highest BCUT2D eigenvalue weighted by atomic mass is 16.5. The van der Waals surface area contributed by atoms with Crippen LogP contribution in [0, 0.1) is 0 Å². The van der Waals surface area contributed by atoms with Crippen molar-refractivity contribution in [2.24, 2.45) is 0 Å². The Kier molecular flexibility index (Phi) is 43.2. The lowest BCUT2D eigenvalue weighted by Crippen LogP contribution is -2.32. The van der Waals surface area contributed by atoms with Crippen molar-refractivity contribution < 1.29 is 28.6 Å². The zero-order valence-electron chi connectivity index (χ0n) is 40.5. The Morgan fingerprint density at radius 1 is 0.450 bits per heavy atom. The second-order valence-corrected chi connectivity index (χ2v) is 17.7. The lowest BCUT2D eigenvalue weighted by molar-refractivity contribution is -0.150. The number of allylic oxidation sites excluding steroid dienone is 2. The van der Waals surface area contributed by atoms with Crippen LogP contribution in [0.3, 0.4) is 0 Å². The largest absolute Gasteiger partial charge is 0.463 e. The molecule has 0 aliphatic rings. The summed E-state index contributed by atoms with van der Waals surface area (Å²) in [7, 11) is 3.75. The van der Waals surface area contributed by atoms with E-state index < -0.39 is 0 Å². The third kappa shape index (κ3) is 41.2. The number of hydrogen-bond donors (Lipinski definition) is 0. The molecule has 0 aromatic carbocycles. The van der Waals surface area contributed by atoms with Gasteiger partial charge in [0.1, 0.15) is 18.8 Å². The first-order valence-electron chi connectivity index (χ1n) is 25.5. The minimum atomic E-state index is -0.180. The second-order valence-electron chi connectivity index (χ2n) is 17.7. The summed E-state index contributed by atoms with van der Waals surface area (Å²) in [4.78, 5) is 41.9. The summed E-state index contributed by atoms with van der Waals surface area (Å²) in [6.45, 7) is 12.4. The van der Waals surface area contributed by atoms with Crippen LogP contribution in [0.5, 0.6) is 0 Å². The van der Waals surface area contributed by atoms with Crippen molar-refractivity contribution in [3.05, 3.63) is 24.3 Å². The average Bonchev–Trinajstić information content (AvgIpc) is 3.22. The van der Waals surface area contributed by atoms with Gasteiger partial charge in [0, 0.05) is 32.2 Å². The molecule has 0 fully saturated rings. The van der Waals surface area contributed by atoms with Gasteiger partial charge in [0.05, 0.1) is 6.54 Å². The van der Waals surface area contributed by atoms with Crippen molar-refractivity contribution in [3.63, 3.8) is 0 Å². The van der Waals surface area contributed by atoms with Crippen LogP contribution in [0.1, 0.15) is 233 Å². The van der Waals surface area contributed by atoms with Gasteiger partial charge in [-0.2, -0.15) is 0 Å². The normalized spacial score (nSPS) is 12.9. The highest BCUT2D eigenvalue weighted by Gasteiger charge is 2.15. The minimum absolute atomic E-state index is 0.00831. The summed E-state index contributed by atoms with van der Waals surface area (Å²) in [6, 6.07) is 0. The van der Waals surface area contributed by atoms with Crippen LogP contribution < -0.4 is 0 Å². The van der Waals surface area contributed by atoms with Crippen LogP contribution in [0.25, 0.3) is 0 Å². The van der Waals surface area contributed by atoms with E-state index in [9.17, 15) is 14.4 Å². The van der Waals surface area contributed by atoms with E-state index in [0.29, 0.717) is 26.0 Å². The zero-order valence-corrected chi connectivity index (χ0v) is 40.5. The molecular weight excluding hydrogens is 749 g/mol. The molecule has 0 N–H and O–H groups in total. The van der Waals surface area contributed by atoms with E-state index in [-0.39, 0.29) is 30.1 Å². The Labute approximate surface area is 371 Å². The summed E-state index contributed by atoms with van der Waals surface area (Å²) < 4.78 is 17.5. The van der Waals surface area contributed by atoms with Crippen LogP contribution >= 0.6 is 0 Å². The third-order valence-electron chi connectivity index (χ3n) is 11.3. The molecule has 2 atom stereocenters. The fraction of sp³-hybridized carbons (Fsp3) is 0.865. The first-order chi connectivity index (χ1) is 29.2. The van der Waals surface area contributed by atoms with Crippen molar-refractivity contribution in [1.29, 1.82) is 0 Å². The van der Waals surface area contributed by atoms with E-state index in [0.717, 1.165) is 135 Å². The highest BCUT2D eigenvalue weighted by Crippen LogP contribution is 2.17. The molecule has 8 nitrogen and oxygen atoms in total. The lowest BCUT2D eigenvalue weighted by Gasteiger charge is -2.22. The molecular formula is C52H98N2O6. The van der Waals surface area contributed by atoms with Gasteiger partial charge in [-0.15, -0.1) is 0 Å². The number of hydrogen-bond acceptors (Lipinski definition) is 8. The molecule has 0 bridgehead atoms. The van der Waals surface area contributed by atoms with Gasteiger partial charge in [0.15, 0.2) is 0 Å². The Morgan fingerprint density at radius 3 is 1.28 bits per heavy atom. The summed E-state index contributed by atoms with van der Waals surface area (Å²) in [6.07, 6.45) is 43.4. The van der Waals surface area contributed by atoms with Crippen LogP contribution in [0.2, 0.25) is 0 Å². The Balaban J connectivity index is 4.61. The van der Waals surface area contributed by atoms with Gasteiger partial charge in [-0.1, -0.05) is 155 Å². The molecule has 8 heteroatoms. The van der Waals surface area contributed by atoms with E-state index in [1.165, 1.54) is 77.0 Å². The predicted molar refractivity (Wildman–Crippen MR) is 254 cm³/mol. The van der Waals surface area contributed by atoms with Gasteiger partial charge < -0.3 is 14.2 Å². The van der Waals surface area contributed by atoms with Crippen LogP contribution in [0.4, 0.5) is 0 Å². The molecule has 0 saturated carbocycles. The monoisotopic (exact) mass is 847 g/mol. The summed E-state index contributed by atoms with van der Waals surface area (Å²) >= 11 is 0. The SMILES string of the molecule is CCCCC/C=C\CC(CCCCCC)OC(=O)CCCCCCCN(CCCCCCCC(=O)OC(C/C=C\CCCCC)CCCCCC)CCOC(=O)CN(C)C. The maximum absolute atomic E-state index is 12.8. The average molecular weight is 847 g/mol. The fourth-order valence-corrected chi connectivity index (χ4v) is 7.49. The highest BCUT2D eigenvalue weighted by molar-refractivity contribution is 5.71. The lowest BCUT2D eigenvalue weighted by atomic mass is 10.1. The van der Waals surface area contributed by atoms with Gasteiger partial charge in [0.2, 0.25) is 0 Å². The van der Waals surface area contributed by atoms with Gasteiger partial charge >= 0.3 is 17.9 Å². The number of carbonyl (C=O) groups is 3. The number of likely N-dealkylation sites (N-methyl/N-ethyl adjacent to an activating group) is 1. The molecule has 0 heterocycles. The van der Waals surface area contributed by atoms with Crippen LogP contribution in [0.15, 0.2) is 24.3 Å². The van der Waals surface area contributed by atoms with Gasteiger partial charge in [-0.05, 0) is 104 Å². The van der Waals surface area contributed by atoms with E-state index in [4.69, 9.17) is 14.2 Å². The first-order valence-corrected chi connectivity index (χ1v) is 25.5. The molecule has 60 heavy (non-hydrogen) atoms. The molecule has 2 unspecified atom stereocenters. The Bertz CT molecular complexity index is 964. The number of rotatable bonds is 45. The van der Waals surface area contributed by atoms with E-state index in [1.54, 1.807) is 0 Å². The summed E-state index contributed by atoms with van der Waals surface area (Å²) in [5.41, 5.74) is 0. The fourth-order valence-electron chi connectivity index (χ4n) is 7.49. The molecule has 0 radical (unpaired) electrons. The molecule has 352 valence electrons. The van der Waals surface area contributed by atoms with Crippen molar-refractivity contribution in [3.8, 4) is 0 Å². The first kappa shape index (κ1) is 57.8. The quantitative estimate of drug-likeness (QED) is 0.0259. The van der Waals surface area contributed by atoms with Gasteiger partial charge in [-0.3, -0.25) is 24.2 Å². The standard InChI is InChI=1S/C52H98N2O6/c1-7-11-15-19-23-31-39-48(37-29-17-13-9-3)59-50(55)41-33-25-21-27-35-43-54(45-46-58-52(57)47-53(5)6)44-36-28-22-26-34-42-51(56)60-49(38-30-18-14-10-4)40-32-24-20-16-12-8-2/h23-24,31-32,48-49H,7-22,25-30,33-47H2,1-6H3/b31-23-,32-24-. The number of nitrogens with zero attached hydrogens (tertiary/aromatic N) is 2. The molecule has 0 amide bonds. The molecule has 0 saturated heterocycles. The third-order valence-corrected chi connectivity index (χ3v) is 11.3. The van der Waals surface area contributed by atoms with Crippen molar-refractivity contribution in [1.82, 2.24) is 9.80 Å². The molecule has 0 aromatic heterocycles. The topological polar surface area (TPSA) is 85.4 Å². The molecule has 0 aliphatic heterocycles. The van der Waals surface area contributed by atoms with E-state index >= 15 is 0 Å². The van der Waals surface area contributed by atoms with Gasteiger partial charge in [-0.25, -0.2) is 0 Å². The van der Waals surface area contributed by atoms with Crippen molar-refractivity contribution in [2.75, 3.05) is 46.9 Å². The number of unbranched alkanes of at least 4 members (excludes halogenated alkanes) is 20. The van der Waals surface area contributed by atoms with E-state index in [2.05, 4.69) is 56.9 Å². The van der Waals surface area contributed by atoms with Gasteiger partial charge in [0.25, 0.3) is 0 Å². The second kappa shape index (κ2) is 44.9. The molecule has 0 rings (SSSR count). The maximum atomic E-state index is 12.8. The number of ether oxygens (including phenoxy) is 3. The molecule has 0 aliphatic carbocycles. The smallest absolute Gasteiger partial charge is 0.320 e. The minimum Gasteiger partial charge on any atom is -0.463 e. The summed E-state index contributed by atoms with van der Waals surface area (Å²) in [5.74, 6) is -0.258. The summed E-state index contributed by atoms with van der Waals surface area (Å²) in [5, 5.41) is 0. The zero-order chi connectivity index (χ0) is 44.2. The Hall–Kier alpha value is -2.19. The van der Waals surface area contributed by atoms with Crippen LogP contribution in [-0.2, 0) is 28.6 Å². The van der Waals surface area contributed by atoms with Crippen molar-refractivity contribution in [2.45, 2.75) is 245 Å². The Morgan fingerprint density at radius 2 is 0.850 bits per heavy atom. The molecule has 0 spiro atoms. The van der Waals surface area contributed by atoms with Crippen molar-refractivity contribution >= 4 is 17.9 Å². The number of esters is 3. The molecule has 0 aromatic rings.